The number of benzene rings is 2. The molecule has 7 heteroatoms. The Labute approximate surface area is 183 Å². The molecule has 0 aliphatic rings. The Bertz CT molecular complexity index is 1270. The van der Waals surface area contributed by atoms with Gasteiger partial charge in [-0.25, -0.2) is 4.79 Å². The Hall–Kier alpha value is -3.64. The van der Waals surface area contributed by atoms with Gasteiger partial charge in [-0.05, 0) is 36.2 Å². The highest BCUT2D eigenvalue weighted by Gasteiger charge is 2.18. The van der Waals surface area contributed by atoms with Crippen molar-refractivity contribution in [3.05, 3.63) is 94.1 Å². The molecule has 0 unspecified atom stereocenters. The van der Waals surface area contributed by atoms with E-state index in [0.29, 0.717) is 21.6 Å². The molecule has 4 rings (SSSR count). The lowest BCUT2D eigenvalue weighted by atomic mass is 10.0. The molecule has 1 N–H and O–H groups in total. The van der Waals surface area contributed by atoms with Crippen LogP contribution in [0.1, 0.15) is 12.6 Å². The van der Waals surface area contributed by atoms with Crippen LogP contribution in [0.25, 0.3) is 22.1 Å². The van der Waals surface area contributed by atoms with Crippen LogP contribution < -0.4 is 15.7 Å². The zero-order chi connectivity index (χ0) is 21.8. The number of nitrogens with one attached hydrogen (secondary N) is 1. The fraction of sp³-hybridized carbons (Fsp3) is 0.125. The lowest BCUT2D eigenvalue weighted by Crippen LogP contribution is -2.36. The molecule has 31 heavy (non-hydrogen) atoms. The largest absolute Gasteiger partial charge is 0.479 e. The number of aromatic nitrogens is 1. The van der Waals surface area contributed by atoms with Gasteiger partial charge in [0.15, 0.2) is 6.10 Å². The zero-order valence-corrected chi connectivity index (χ0v) is 17.4. The molecule has 156 valence electrons. The first-order valence-corrected chi connectivity index (χ1v) is 10.1. The van der Waals surface area contributed by atoms with E-state index in [2.05, 4.69) is 10.3 Å². The molecule has 2 aromatic heterocycles. The van der Waals surface area contributed by atoms with E-state index in [-0.39, 0.29) is 18.2 Å². The highest BCUT2D eigenvalue weighted by Crippen LogP contribution is 2.35. The van der Waals surface area contributed by atoms with Crippen molar-refractivity contribution < 1.29 is 13.9 Å². The Morgan fingerprint density at radius 3 is 2.65 bits per heavy atom. The van der Waals surface area contributed by atoms with Crippen molar-refractivity contribution in [3.8, 4) is 16.9 Å². The summed E-state index contributed by atoms with van der Waals surface area (Å²) in [4.78, 5) is 28.7. The standard InChI is InChI=1S/C24H19ClN2O4/c1-15(24(29)27-14-17-9-5-6-10-26-17)30-22-13-21-19(11-20(22)25)18(12-23(28)31-21)16-7-3-2-4-8-16/h2-13,15H,14H2,1H3,(H,27,29)/t15-/m1/s1. The van der Waals surface area contributed by atoms with E-state index in [9.17, 15) is 9.59 Å². The van der Waals surface area contributed by atoms with Crippen molar-refractivity contribution >= 4 is 28.5 Å². The number of fused-ring (bicyclic) bond motifs is 1. The van der Waals surface area contributed by atoms with Gasteiger partial charge in [-0.2, -0.15) is 0 Å². The number of halogens is 1. The van der Waals surface area contributed by atoms with E-state index in [1.54, 1.807) is 25.3 Å². The van der Waals surface area contributed by atoms with Crippen LogP contribution in [0, 0.1) is 0 Å². The van der Waals surface area contributed by atoms with Gasteiger partial charge >= 0.3 is 5.63 Å². The summed E-state index contributed by atoms with van der Waals surface area (Å²) in [5.74, 6) is -0.0654. The predicted molar refractivity (Wildman–Crippen MR) is 119 cm³/mol. The summed E-state index contributed by atoms with van der Waals surface area (Å²) in [7, 11) is 0. The predicted octanol–water partition coefficient (Wildman–Crippen LogP) is 4.59. The van der Waals surface area contributed by atoms with Crippen molar-refractivity contribution in [2.24, 2.45) is 0 Å². The maximum Gasteiger partial charge on any atom is 0.336 e. The molecule has 0 fully saturated rings. The van der Waals surface area contributed by atoms with E-state index in [1.807, 2.05) is 42.5 Å². The Morgan fingerprint density at radius 1 is 1.13 bits per heavy atom. The lowest BCUT2D eigenvalue weighted by Gasteiger charge is -2.16. The summed E-state index contributed by atoms with van der Waals surface area (Å²) < 4.78 is 11.1. The monoisotopic (exact) mass is 434 g/mol. The quantitative estimate of drug-likeness (QED) is 0.449. The normalized spacial score (nSPS) is 11.8. The van der Waals surface area contributed by atoms with Gasteiger partial charge in [-0.15, -0.1) is 0 Å². The number of rotatable bonds is 6. The number of hydrogen-bond acceptors (Lipinski definition) is 5. The van der Waals surface area contributed by atoms with Crippen LogP contribution >= 0.6 is 11.6 Å². The smallest absolute Gasteiger partial charge is 0.336 e. The molecule has 2 aromatic carbocycles. The molecule has 0 radical (unpaired) electrons. The first-order valence-electron chi connectivity index (χ1n) is 9.68. The zero-order valence-electron chi connectivity index (χ0n) is 16.7. The minimum Gasteiger partial charge on any atom is -0.479 e. The van der Waals surface area contributed by atoms with E-state index in [4.69, 9.17) is 20.8 Å². The molecule has 6 nitrogen and oxygen atoms in total. The summed E-state index contributed by atoms with van der Waals surface area (Å²) >= 11 is 6.44. The number of carbonyl (C=O) groups excluding carboxylic acids is 1. The lowest BCUT2D eigenvalue weighted by molar-refractivity contribution is -0.127. The number of ether oxygens (including phenoxy) is 1. The first-order chi connectivity index (χ1) is 15.0. The molecule has 4 aromatic rings. The highest BCUT2D eigenvalue weighted by molar-refractivity contribution is 6.33. The topological polar surface area (TPSA) is 81.4 Å². The van der Waals surface area contributed by atoms with Crippen LogP contribution in [-0.4, -0.2) is 17.0 Å². The average Bonchev–Trinajstić information content (AvgIpc) is 2.79. The second kappa shape index (κ2) is 9.02. The Balaban J connectivity index is 1.57. The van der Waals surface area contributed by atoms with Gasteiger partial charge in [0.1, 0.15) is 11.3 Å². The van der Waals surface area contributed by atoms with Crippen molar-refractivity contribution in [2.45, 2.75) is 19.6 Å². The van der Waals surface area contributed by atoms with Gasteiger partial charge in [0, 0.05) is 23.7 Å². The maximum absolute atomic E-state index is 12.4. The minimum atomic E-state index is -0.817. The highest BCUT2D eigenvalue weighted by atomic mass is 35.5. The van der Waals surface area contributed by atoms with Crippen LogP contribution in [0.4, 0.5) is 0 Å². The molecule has 0 saturated heterocycles. The van der Waals surface area contributed by atoms with Crippen LogP contribution in [0.2, 0.25) is 5.02 Å². The van der Waals surface area contributed by atoms with Gasteiger partial charge in [-0.3, -0.25) is 9.78 Å². The minimum absolute atomic E-state index is 0.253. The molecule has 1 atom stereocenters. The molecule has 0 spiro atoms. The Kier molecular flexibility index (Phi) is 6.00. The van der Waals surface area contributed by atoms with E-state index in [0.717, 1.165) is 11.3 Å². The molecule has 0 saturated carbocycles. The number of pyridine rings is 1. The van der Waals surface area contributed by atoms with Crippen LogP contribution in [-0.2, 0) is 11.3 Å². The number of amides is 1. The van der Waals surface area contributed by atoms with Crippen LogP contribution in [0.3, 0.4) is 0 Å². The van der Waals surface area contributed by atoms with Gasteiger partial charge in [0.05, 0.1) is 17.3 Å². The van der Waals surface area contributed by atoms with Crippen molar-refractivity contribution in [2.75, 3.05) is 0 Å². The molecule has 2 heterocycles. The van der Waals surface area contributed by atoms with Crippen LogP contribution in [0.5, 0.6) is 5.75 Å². The summed E-state index contributed by atoms with van der Waals surface area (Å²) in [6, 6.07) is 19.6. The number of hydrogen-bond donors (Lipinski definition) is 1. The third-order valence-corrected chi connectivity index (χ3v) is 5.02. The molecular weight excluding hydrogens is 416 g/mol. The fourth-order valence-corrected chi connectivity index (χ4v) is 3.39. The van der Waals surface area contributed by atoms with Gasteiger partial charge in [0.2, 0.25) is 0 Å². The fourth-order valence-electron chi connectivity index (χ4n) is 3.18. The van der Waals surface area contributed by atoms with Crippen molar-refractivity contribution in [1.29, 1.82) is 0 Å². The molecule has 0 aliphatic carbocycles. The van der Waals surface area contributed by atoms with Gasteiger partial charge < -0.3 is 14.5 Å². The van der Waals surface area contributed by atoms with E-state index < -0.39 is 11.7 Å². The molecule has 0 bridgehead atoms. The Morgan fingerprint density at radius 2 is 1.90 bits per heavy atom. The molecule has 1 amide bonds. The summed E-state index contributed by atoms with van der Waals surface area (Å²) in [6.45, 7) is 1.90. The third-order valence-electron chi connectivity index (χ3n) is 4.72. The van der Waals surface area contributed by atoms with E-state index >= 15 is 0 Å². The second-order valence-corrected chi connectivity index (χ2v) is 7.33. The third kappa shape index (κ3) is 4.75. The van der Waals surface area contributed by atoms with Gasteiger partial charge in [-0.1, -0.05) is 48.0 Å². The summed E-state index contributed by atoms with van der Waals surface area (Å²) in [6.07, 6.45) is 0.844. The summed E-state index contributed by atoms with van der Waals surface area (Å²) in [5.41, 5.74) is 2.16. The number of nitrogens with zero attached hydrogens (tertiary/aromatic N) is 1. The number of carbonyl (C=O) groups is 1. The van der Waals surface area contributed by atoms with Crippen molar-refractivity contribution in [1.82, 2.24) is 10.3 Å². The van der Waals surface area contributed by atoms with Crippen LogP contribution in [0.15, 0.2) is 82.1 Å². The summed E-state index contributed by atoms with van der Waals surface area (Å²) in [5, 5.41) is 3.76. The average molecular weight is 435 g/mol. The van der Waals surface area contributed by atoms with Gasteiger partial charge in [0.25, 0.3) is 5.91 Å². The SMILES string of the molecule is C[C@@H](Oc1cc2oc(=O)cc(-c3ccccc3)c2cc1Cl)C(=O)NCc1ccccn1. The maximum atomic E-state index is 12.4. The molecule has 0 aliphatic heterocycles. The molecular formula is C24H19ClN2O4. The first kappa shape index (κ1) is 20.6. The van der Waals surface area contributed by atoms with Crippen molar-refractivity contribution in [3.63, 3.8) is 0 Å². The van der Waals surface area contributed by atoms with E-state index in [1.165, 1.54) is 12.1 Å². The second-order valence-electron chi connectivity index (χ2n) is 6.92.